The van der Waals surface area contributed by atoms with Crippen LogP contribution in [-0.2, 0) is 10.0 Å². The van der Waals surface area contributed by atoms with Gasteiger partial charge in [0.1, 0.15) is 4.21 Å². The number of nitrogens with one attached hydrogen (secondary N) is 1. The van der Waals surface area contributed by atoms with Gasteiger partial charge in [-0.25, -0.2) is 13.1 Å². The number of thiophene rings is 1. The molecule has 0 bridgehead atoms. The minimum absolute atomic E-state index is 0.188. The van der Waals surface area contributed by atoms with Crippen molar-refractivity contribution in [3.63, 3.8) is 0 Å². The smallest absolute Gasteiger partial charge is 0.250 e. The van der Waals surface area contributed by atoms with E-state index < -0.39 is 10.0 Å². The van der Waals surface area contributed by atoms with Crippen LogP contribution in [-0.4, -0.2) is 27.5 Å². The Bertz CT molecular complexity index is 731. The van der Waals surface area contributed by atoms with Crippen LogP contribution in [0.3, 0.4) is 0 Å². The van der Waals surface area contributed by atoms with Gasteiger partial charge >= 0.3 is 0 Å². The van der Waals surface area contributed by atoms with Gasteiger partial charge in [0.2, 0.25) is 10.0 Å². The fourth-order valence-corrected chi connectivity index (χ4v) is 5.33. The van der Waals surface area contributed by atoms with Crippen molar-refractivity contribution in [2.75, 3.05) is 18.0 Å². The molecule has 0 amide bonds. The summed E-state index contributed by atoms with van der Waals surface area (Å²) in [7, 11) is -3.48. The number of halogens is 1. The van der Waals surface area contributed by atoms with Crippen LogP contribution >= 0.6 is 22.9 Å². The molecule has 1 aromatic heterocycles. The molecule has 1 N–H and O–H groups in total. The minimum atomic E-state index is -3.48. The highest BCUT2D eigenvalue weighted by Crippen LogP contribution is 2.27. The Hall–Kier alpha value is -1.08. The number of sulfonamides is 1. The summed E-state index contributed by atoms with van der Waals surface area (Å²) in [4.78, 5) is 2.27. The highest BCUT2D eigenvalue weighted by atomic mass is 35.5. The number of anilines is 1. The summed E-state index contributed by atoms with van der Waals surface area (Å²) in [6.45, 7) is 1.37. The van der Waals surface area contributed by atoms with Crippen molar-refractivity contribution >= 4 is 38.6 Å². The van der Waals surface area contributed by atoms with E-state index in [-0.39, 0.29) is 10.3 Å². The van der Waals surface area contributed by atoms with E-state index >= 15 is 0 Å². The summed E-state index contributed by atoms with van der Waals surface area (Å²) in [5.41, 5.74) is 1.14. The predicted molar refractivity (Wildman–Crippen MR) is 91.3 cm³/mol. The van der Waals surface area contributed by atoms with Gasteiger partial charge in [0.15, 0.2) is 0 Å². The van der Waals surface area contributed by atoms with Crippen LogP contribution in [0.2, 0.25) is 4.34 Å². The second-order valence-electron chi connectivity index (χ2n) is 5.24. The van der Waals surface area contributed by atoms with Crippen molar-refractivity contribution in [1.29, 1.82) is 0 Å². The average Bonchev–Trinajstić information content (AvgIpc) is 3.15. The molecule has 1 atom stereocenters. The molecular formula is C15H17ClN2O2S2. The minimum Gasteiger partial charge on any atom is -0.367 e. The molecule has 0 spiro atoms. The molecule has 0 saturated carbocycles. The number of hydrogen-bond donors (Lipinski definition) is 1. The summed E-state index contributed by atoms with van der Waals surface area (Å²) < 4.78 is 28.0. The van der Waals surface area contributed by atoms with Crippen molar-refractivity contribution in [1.82, 2.24) is 4.72 Å². The quantitative estimate of drug-likeness (QED) is 0.893. The lowest BCUT2D eigenvalue weighted by Crippen LogP contribution is -2.40. The molecular weight excluding hydrogens is 340 g/mol. The van der Waals surface area contributed by atoms with Crippen molar-refractivity contribution in [2.45, 2.75) is 23.1 Å². The summed E-state index contributed by atoms with van der Waals surface area (Å²) >= 11 is 6.89. The van der Waals surface area contributed by atoms with Crippen LogP contribution in [0.1, 0.15) is 12.8 Å². The molecule has 118 valence electrons. The molecule has 0 radical (unpaired) electrons. The average molecular weight is 357 g/mol. The van der Waals surface area contributed by atoms with Crippen molar-refractivity contribution in [3.8, 4) is 0 Å². The van der Waals surface area contributed by atoms with Crippen molar-refractivity contribution < 1.29 is 8.42 Å². The lowest BCUT2D eigenvalue weighted by atomic mass is 10.2. The van der Waals surface area contributed by atoms with E-state index in [1.54, 1.807) is 12.1 Å². The second kappa shape index (κ2) is 6.58. The van der Waals surface area contributed by atoms with Crippen LogP contribution in [0.25, 0.3) is 0 Å². The Kier molecular flexibility index (Phi) is 4.73. The van der Waals surface area contributed by atoms with Gasteiger partial charge in [-0.1, -0.05) is 29.8 Å². The van der Waals surface area contributed by atoms with Gasteiger partial charge < -0.3 is 4.90 Å². The van der Waals surface area contributed by atoms with E-state index in [1.165, 1.54) is 0 Å². The number of rotatable bonds is 5. The fourth-order valence-electron chi connectivity index (χ4n) is 2.73. The topological polar surface area (TPSA) is 49.4 Å². The number of benzene rings is 1. The Balaban J connectivity index is 1.68. The van der Waals surface area contributed by atoms with Crippen molar-refractivity contribution in [3.05, 3.63) is 46.8 Å². The summed E-state index contributed by atoms with van der Waals surface area (Å²) in [6.07, 6.45) is 2.06. The van der Waals surface area contributed by atoms with E-state index in [1.807, 2.05) is 18.2 Å². The monoisotopic (exact) mass is 356 g/mol. The van der Waals surface area contributed by atoms with Gasteiger partial charge in [-0.15, -0.1) is 11.3 Å². The zero-order chi connectivity index (χ0) is 15.6. The molecule has 2 aromatic rings. The zero-order valence-electron chi connectivity index (χ0n) is 11.9. The van der Waals surface area contributed by atoms with Crippen LogP contribution < -0.4 is 9.62 Å². The number of nitrogens with zero attached hydrogens (tertiary/aromatic N) is 1. The maximum absolute atomic E-state index is 12.3. The van der Waals surface area contributed by atoms with Crippen LogP contribution in [0, 0.1) is 0 Å². The first-order valence-corrected chi connectivity index (χ1v) is 9.81. The number of para-hydroxylation sites is 1. The van der Waals surface area contributed by atoms with E-state index in [2.05, 4.69) is 21.8 Å². The van der Waals surface area contributed by atoms with Crippen LogP contribution in [0.5, 0.6) is 0 Å². The Morgan fingerprint density at radius 3 is 2.68 bits per heavy atom. The maximum atomic E-state index is 12.3. The largest absolute Gasteiger partial charge is 0.367 e. The van der Waals surface area contributed by atoms with Gasteiger partial charge in [-0.2, -0.15) is 0 Å². The van der Waals surface area contributed by atoms with E-state index in [9.17, 15) is 8.42 Å². The molecule has 2 heterocycles. The lowest BCUT2D eigenvalue weighted by molar-refractivity contribution is 0.569. The molecule has 0 aliphatic carbocycles. The van der Waals surface area contributed by atoms with Crippen molar-refractivity contribution in [2.24, 2.45) is 0 Å². The molecule has 1 aromatic carbocycles. The Labute approximate surface area is 139 Å². The van der Waals surface area contributed by atoms with Gasteiger partial charge in [0.05, 0.1) is 4.34 Å². The molecule has 4 nitrogen and oxygen atoms in total. The fraction of sp³-hybridized carbons (Fsp3) is 0.333. The zero-order valence-corrected chi connectivity index (χ0v) is 14.3. The molecule has 3 rings (SSSR count). The molecule has 7 heteroatoms. The Morgan fingerprint density at radius 2 is 2.00 bits per heavy atom. The first kappa shape index (κ1) is 15.8. The lowest BCUT2D eigenvalue weighted by Gasteiger charge is -2.26. The third-order valence-electron chi connectivity index (χ3n) is 3.79. The summed E-state index contributed by atoms with van der Waals surface area (Å²) in [6, 6.07) is 13.4. The third-order valence-corrected chi connectivity index (χ3v) is 6.93. The predicted octanol–water partition coefficient (Wildman–Crippen LogP) is 3.35. The molecule has 1 fully saturated rings. The van der Waals surface area contributed by atoms with Gasteiger partial charge in [0, 0.05) is 24.8 Å². The third kappa shape index (κ3) is 3.46. The van der Waals surface area contributed by atoms with E-state index in [0.717, 1.165) is 36.4 Å². The van der Waals surface area contributed by atoms with E-state index in [4.69, 9.17) is 11.6 Å². The van der Waals surface area contributed by atoms with Crippen LogP contribution in [0.15, 0.2) is 46.7 Å². The highest BCUT2D eigenvalue weighted by Gasteiger charge is 2.26. The van der Waals surface area contributed by atoms with Gasteiger partial charge in [-0.05, 0) is 37.1 Å². The molecule has 1 unspecified atom stereocenters. The highest BCUT2D eigenvalue weighted by molar-refractivity contribution is 7.91. The number of hydrogen-bond acceptors (Lipinski definition) is 4. The standard InChI is InChI=1S/C15H17ClN2O2S2/c16-14-8-9-15(21-14)22(19,20)17-11-13-7-4-10-18(13)12-5-2-1-3-6-12/h1-3,5-6,8-9,13,17H,4,7,10-11H2. The van der Waals surface area contributed by atoms with Gasteiger partial charge in [-0.3, -0.25) is 0 Å². The van der Waals surface area contributed by atoms with Crippen LogP contribution in [0.4, 0.5) is 5.69 Å². The summed E-state index contributed by atoms with van der Waals surface area (Å²) in [5.74, 6) is 0. The first-order valence-electron chi connectivity index (χ1n) is 7.13. The van der Waals surface area contributed by atoms with Gasteiger partial charge in [0.25, 0.3) is 0 Å². The summed E-state index contributed by atoms with van der Waals surface area (Å²) in [5, 5.41) is 0. The molecule has 1 aliphatic rings. The Morgan fingerprint density at radius 1 is 1.23 bits per heavy atom. The molecule has 1 saturated heterocycles. The first-order chi connectivity index (χ1) is 10.6. The molecule has 1 aliphatic heterocycles. The molecule has 22 heavy (non-hydrogen) atoms. The van der Waals surface area contributed by atoms with E-state index in [0.29, 0.717) is 10.9 Å². The maximum Gasteiger partial charge on any atom is 0.250 e. The second-order valence-corrected chi connectivity index (χ2v) is 8.94. The normalized spacial score (nSPS) is 18.8. The SMILES string of the molecule is O=S(=O)(NCC1CCCN1c1ccccc1)c1ccc(Cl)s1.